The first-order valence-corrected chi connectivity index (χ1v) is 12.7. The molecule has 0 aliphatic rings. The van der Waals surface area contributed by atoms with Gasteiger partial charge in [0.05, 0.1) is 22.4 Å². The third-order valence-corrected chi connectivity index (χ3v) is 7.16. The molecule has 6 aromatic rings. The van der Waals surface area contributed by atoms with Crippen molar-refractivity contribution < 1.29 is 4.74 Å². The van der Waals surface area contributed by atoms with Crippen LogP contribution in [0.15, 0.2) is 94.6 Å². The van der Waals surface area contributed by atoms with Crippen LogP contribution in [0.3, 0.4) is 0 Å². The number of hydrogen-bond acceptors (Lipinski definition) is 7. The molecule has 0 fully saturated rings. The minimum Gasteiger partial charge on any atom is -0.495 e. The Bertz CT molecular complexity index is 1970. The number of aromatic nitrogens is 5. The minimum absolute atomic E-state index is 0.120. The van der Waals surface area contributed by atoms with E-state index in [2.05, 4.69) is 10.1 Å². The highest BCUT2D eigenvalue weighted by atomic mass is 35.5. The maximum Gasteiger partial charge on any atom is 0.300 e. The Morgan fingerprint density at radius 2 is 1.63 bits per heavy atom. The molecule has 8 nitrogen and oxygen atoms in total. The first kappa shape index (κ1) is 23.8. The summed E-state index contributed by atoms with van der Waals surface area (Å²) in [5, 5.41) is 9.58. The number of thiazole rings is 1. The van der Waals surface area contributed by atoms with Crippen LogP contribution in [0.4, 0.5) is 0 Å². The van der Waals surface area contributed by atoms with Gasteiger partial charge in [-0.15, -0.1) is 0 Å². The molecule has 0 saturated carbocycles. The lowest BCUT2D eigenvalue weighted by Crippen LogP contribution is -2.26. The van der Waals surface area contributed by atoms with Crippen LogP contribution in [-0.4, -0.2) is 31.5 Å². The molecule has 0 atom stereocenters. The first-order valence-electron chi connectivity index (χ1n) is 11.5. The molecule has 3 heterocycles. The van der Waals surface area contributed by atoms with E-state index >= 15 is 0 Å². The molecular formula is C28H18ClN5O3S. The average molecular weight is 540 g/mol. The van der Waals surface area contributed by atoms with Crippen molar-refractivity contribution >= 4 is 34.0 Å². The van der Waals surface area contributed by atoms with Crippen LogP contribution in [0.25, 0.3) is 39.2 Å². The SMILES string of the molecule is COc1ccc(-c2nn(-c3ccccc3)cc2/C=c2\sc3nc(=O)c(-c4ccccc4)nn3c2=O)cc1Cl. The molecule has 0 aliphatic heterocycles. The summed E-state index contributed by atoms with van der Waals surface area (Å²) in [4.78, 5) is 30.4. The van der Waals surface area contributed by atoms with Crippen LogP contribution in [0.5, 0.6) is 5.75 Å². The highest BCUT2D eigenvalue weighted by Crippen LogP contribution is 2.32. The van der Waals surface area contributed by atoms with Crippen molar-refractivity contribution in [3.05, 3.63) is 121 Å². The second-order valence-corrected chi connectivity index (χ2v) is 9.72. The molecule has 186 valence electrons. The first-order chi connectivity index (χ1) is 18.5. The molecule has 3 aromatic carbocycles. The topological polar surface area (TPSA) is 91.4 Å². The molecule has 6 rings (SSSR count). The zero-order chi connectivity index (χ0) is 26.2. The van der Waals surface area contributed by atoms with E-state index in [9.17, 15) is 9.59 Å². The molecule has 3 aromatic heterocycles. The van der Waals surface area contributed by atoms with Gasteiger partial charge in [-0.3, -0.25) is 9.59 Å². The standard InChI is InChI=1S/C28H18ClN5O3S/c1-37-22-13-12-18(14-21(22)29)24-19(16-33(31-24)20-10-6-3-7-11-20)15-23-27(36)34-28(38-23)30-26(35)25(32-34)17-8-4-2-5-9-17/h2-16H,1H3/b23-15-. The van der Waals surface area contributed by atoms with E-state index < -0.39 is 5.56 Å². The number of halogens is 1. The molecule has 0 N–H and O–H groups in total. The number of ether oxygens (including phenoxy) is 1. The van der Waals surface area contributed by atoms with Gasteiger partial charge in [0.15, 0.2) is 5.69 Å². The Hall–Kier alpha value is -4.60. The summed E-state index contributed by atoms with van der Waals surface area (Å²) in [6.45, 7) is 0. The van der Waals surface area contributed by atoms with E-state index in [-0.39, 0.29) is 16.2 Å². The van der Waals surface area contributed by atoms with Crippen molar-refractivity contribution in [1.82, 2.24) is 24.4 Å². The summed E-state index contributed by atoms with van der Waals surface area (Å²) in [5.74, 6) is 0.547. The van der Waals surface area contributed by atoms with E-state index in [1.807, 2.05) is 48.7 Å². The Labute approximate surface area is 224 Å². The van der Waals surface area contributed by atoms with Crippen LogP contribution in [-0.2, 0) is 0 Å². The van der Waals surface area contributed by atoms with Gasteiger partial charge in [-0.1, -0.05) is 71.5 Å². The molecular weight excluding hydrogens is 522 g/mol. The van der Waals surface area contributed by atoms with Gasteiger partial charge >= 0.3 is 5.56 Å². The average Bonchev–Trinajstić information content (AvgIpc) is 3.50. The molecule has 10 heteroatoms. The molecule has 0 amide bonds. The number of methoxy groups -OCH3 is 1. The van der Waals surface area contributed by atoms with Crippen molar-refractivity contribution in [1.29, 1.82) is 0 Å². The minimum atomic E-state index is -0.491. The number of fused-ring (bicyclic) bond motifs is 1. The van der Waals surface area contributed by atoms with Gasteiger partial charge in [-0.25, -0.2) is 4.68 Å². The maximum absolute atomic E-state index is 13.4. The number of para-hydroxylation sites is 1. The number of rotatable bonds is 5. The monoisotopic (exact) mass is 539 g/mol. The smallest absolute Gasteiger partial charge is 0.300 e. The Morgan fingerprint density at radius 3 is 2.34 bits per heavy atom. The normalized spacial score (nSPS) is 11.8. The molecule has 0 aliphatic carbocycles. The van der Waals surface area contributed by atoms with Crippen LogP contribution >= 0.6 is 22.9 Å². The third kappa shape index (κ3) is 4.27. The van der Waals surface area contributed by atoms with Crippen molar-refractivity contribution in [2.24, 2.45) is 0 Å². The summed E-state index contributed by atoms with van der Waals surface area (Å²) in [6, 6.07) is 24.0. The largest absolute Gasteiger partial charge is 0.495 e. The second kappa shape index (κ2) is 9.70. The number of benzene rings is 3. The van der Waals surface area contributed by atoms with Crippen LogP contribution in [0.2, 0.25) is 5.02 Å². The van der Waals surface area contributed by atoms with Crippen molar-refractivity contribution in [3.63, 3.8) is 0 Å². The fraction of sp³-hybridized carbons (Fsp3) is 0.0357. The zero-order valence-electron chi connectivity index (χ0n) is 19.9. The Morgan fingerprint density at radius 1 is 0.895 bits per heavy atom. The molecule has 0 bridgehead atoms. The summed E-state index contributed by atoms with van der Waals surface area (Å²) in [5.41, 5.74) is 2.76. The van der Waals surface area contributed by atoms with Crippen LogP contribution < -0.4 is 20.4 Å². The second-order valence-electron chi connectivity index (χ2n) is 8.30. The van der Waals surface area contributed by atoms with E-state index in [0.717, 1.165) is 22.6 Å². The quantitative estimate of drug-likeness (QED) is 0.325. The Kier molecular flexibility index (Phi) is 6.07. The third-order valence-electron chi connectivity index (χ3n) is 5.91. The summed E-state index contributed by atoms with van der Waals surface area (Å²) < 4.78 is 8.57. The van der Waals surface area contributed by atoms with E-state index in [1.165, 1.54) is 4.52 Å². The van der Waals surface area contributed by atoms with Gasteiger partial charge in [0, 0.05) is 22.9 Å². The number of nitrogens with zero attached hydrogens (tertiary/aromatic N) is 5. The lowest BCUT2D eigenvalue weighted by atomic mass is 10.1. The van der Waals surface area contributed by atoms with Gasteiger partial charge < -0.3 is 4.74 Å². The Balaban J connectivity index is 1.55. The van der Waals surface area contributed by atoms with Crippen LogP contribution in [0.1, 0.15) is 5.56 Å². The van der Waals surface area contributed by atoms with E-state index in [1.54, 1.807) is 54.3 Å². The fourth-order valence-corrected chi connectivity index (χ4v) is 5.22. The molecule has 38 heavy (non-hydrogen) atoms. The predicted octanol–water partition coefficient (Wildman–Crippen LogP) is 4.24. The molecule has 0 saturated heterocycles. The van der Waals surface area contributed by atoms with Crippen molar-refractivity contribution in [2.75, 3.05) is 7.11 Å². The lowest BCUT2D eigenvalue weighted by Gasteiger charge is -2.05. The maximum atomic E-state index is 13.4. The zero-order valence-corrected chi connectivity index (χ0v) is 21.5. The van der Waals surface area contributed by atoms with Crippen molar-refractivity contribution in [3.8, 4) is 34.0 Å². The summed E-state index contributed by atoms with van der Waals surface area (Å²) in [6.07, 6.45) is 3.57. The van der Waals surface area contributed by atoms with Gasteiger partial charge in [-0.2, -0.15) is 19.7 Å². The van der Waals surface area contributed by atoms with Crippen LogP contribution in [0, 0.1) is 0 Å². The fourth-order valence-electron chi connectivity index (χ4n) is 4.07. The van der Waals surface area contributed by atoms with Gasteiger partial charge in [-0.05, 0) is 36.4 Å². The number of hydrogen-bond donors (Lipinski definition) is 0. The van der Waals surface area contributed by atoms with Gasteiger partial charge in [0.1, 0.15) is 11.4 Å². The molecule has 0 radical (unpaired) electrons. The predicted molar refractivity (Wildman–Crippen MR) is 148 cm³/mol. The molecule has 0 spiro atoms. The van der Waals surface area contributed by atoms with E-state index in [0.29, 0.717) is 32.1 Å². The highest BCUT2D eigenvalue weighted by Gasteiger charge is 2.16. The van der Waals surface area contributed by atoms with Gasteiger partial charge in [0.25, 0.3) is 5.56 Å². The highest BCUT2D eigenvalue weighted by molar-refractivity contribution is 7.15. The lowest BCUT2D eigenvalue weighted by molar-refractivity contribution is 0.415. The van der Waals surface area contributed by atoms with Gasteiger partial charge in [0.2, 0.25) is 4.96 Å². The summed E-state index contributed by atoms with van der Waals surface area (Å²) in [7, 11) is 1.55. The van der Waals surface area contributed by atoms with Crippen molar-refractivity contribution in [2.45, 2.75) is 0 Å². The molecule has 0 unspecified atom stereocenters. The summed E-state index contributed by atoms with van der Waals surface area (Å²) >= 11 is 7.50. The van der Waals surface area contributed by atoms with E-state index in [4.69, 9.17) is 21.4 Å².